The number of rotatable bonds is 1. The van der Waals surface area contributed by atoms with Crippen molar-refractivity contribution >= 4 is 27.8 Å². The lowest BCUT2D eigenvalue weighted by Crippen LogP contribution is -2.30. The highest BCUT2D eigenvalue weighted by Crippen LogP contribution is 2.52. The lowest BCUT2D eigenvalue weighted by molar-refractivity contribution is 0.610. The van der Waals surface area contributed by atoms with E-state index in [-0.39, 0.29) is 10.8 Å². The summed E-state index contributed by atoms with van der Waals surface area (Å²) in [5.41, 5.74) is 12.6. The Kier molecular flexibility index (Phi) is 6.28. The maximum Gasteiger partial charge on any atom is 0.0540 e. The van der Waals surface area contributed by atoms with Crippen LogP contribution >= 0.6 is 0 Å². The average molecular weight is 544 g/mol. The van der Waals surface area contributed by atoms with Crippen LogP contribution < -0.4 is 4.90 Å². The largest absolute Gasteiger partial charge is 0.309 e. The lowest BCUT2D eigenvalue weighted by Gasteiger charge is -2.42. The number of para-hydroxylation sites is 2. The zero-order valence-corrected chi connectivity index (χ0v) is 24.9. The fourth-order valence-corrected chi connectivity index (χ4v) is 7.25. The normalized spacial score (nSPS) is 15.4. The monoisotopic (exact) mass is 543 g/mol. The number of hydrogen-bond acceptors (Lipinski definition) is 1. The van der Waals surface area contributed by atoms with E-state index in [0.717, 1.165) is 6.42 Å². The first-order valence-corrected chi connectivity index (χ1v) is 15.0. The predicted octanol–water partition coefficient (Wildman–Crippen LogP) is 10.9. The molecule has 6 aromatic carbocycles. The third kappa shape index (κ3) is 4.15. The maximum atomic E-state index is 2.43. The molecular weight excluding hydrogens is 506 g/mol. The topological polar surface area (TPSA) is 3.24 Å². The molecule has 0 N–H and O–H groups in total. The Morgan fingerprint density at radius 3 is 1.40 bits per heavy atom. The Balaban J connectivity index is 0.000000154. The number of anilines is 3. The standard InChI is InChI=1S/C25H21N.C16H16/c1-25(2)20-13-5-7-15-23(20)26(24-16-8-6-14-21(24)25)22-17-9-11-18-10-3-4-12-19(18)22;1-16(2)14-9-5-3-7-12(14)11-13-8-4-6-10-15(13)16/h3-17H,1-2H3;3-10H,11H2,1-2H3. The van der Waals surface area contributed by atoms with Gasteiger partial charge in [0.1, 0.15) is 0 Å². The van der Waals surface area contributed by atoms with Gasteiger partial charge in [-0.25, -0.2) is 0 Å². The zero-order valence-electron chi connectivity index (χ0n) is 24.9. The van der Waals surface area contributed by atoms with E-state index in [1.54, 1.807) is 0 Å². The van der Waals surface area contributed by atoms with E-state index in [1.807, 2.05) is 0 Å². The minimum absolute atomic E-state index is 0.0196. The summed E-state index contributed by atoms with van der Waals surface area (Å²) >= 11 is 0. The summed E-state index contributed by atoms with van der Waals surface area (Å²) in [5.74, 6) is 0. The molecule has 0 atom stereocenters. The van der Waals surface area contributed by atoms with Crippen LogP contribution in [0.1, 0.15) is 61.1 Å². The van der Waals surface area contributed by atoms with E-state index in [2.05, 4.69) is 172 Å². The summed E-state index contributed by atoms with van der Waals surface area (Å²) in [4.78, 5) is 2.43. The van der Waals surface area contributed by atoms with Gasteiger partial charge in [0.25, 0.3) is 0 Å². The van der Waals surface area contributed by atoms with Gasteiger partial charge in [-0.2, -0.15) is 0 Å². The number of benzene rings is 6. The summed E-state index contributed by atoms with van der Waals surface area (Å²) in [5, 5.41) is 2.55. The van der Waals surface area contributed by atoms with Crippen LogP contribution in [0.4, 0.5) is 17.1 Å². The van der Waals surface area contributed by atoms with Crippen molar-refractivity contribution in [3.8, 4) is 0 Å². The average Bonchev–Trinajstić information content (AvgIpc) is 3.02. The van der Waals surface area contributed by atoms with Crippen molar-refractivity contribution in [2.75, 3.05) is 4.90 Å². The van der Waals surface area contributed by atoms with Crippen LogP contribution in [0.5, 0.6) is 0 Å². The second-order valence-electron chi connectivity index (χ2n) is 12.6. The molecule has 0 fully saturated rings. The summed E-state index contributed by atoms with van der Waals surface area (Å²) in [6, 6.07) is 50.4. The predicted molar refractivity (Wildman–Crippen MR) is 179 cm³/mol. The number of hydrogen-bond donors (Lipinski definition) is 0. The van der Waals surface area contributed by atoms with Crippen LogP contribution in [-0.4, -0.2) is 0 Å². The molecule has 6 aromatic rings. The van der Waals surface area contributed by atoms with E-state index < -0.39 is 0 Å². The Labute approximate surface area is 250 Å². The molecule has 0 amide bonds. The Hall–Kier alpha value is -4.62. The molecule has 1 heterocycles. The van der Waals surface area contributed by atoms with Crippen LogP contribution in [0.25, 0.3) is 10.8 Å². The van der Waals surface area contributed by atoms with Gasteiger partial charge < -0.3 is 4.90 Å². The first-order chi connectivity index (χ1) is 20.4. The van der Waals surface area contributed by atoms with E-state index >= 15 is 0 Å². The molecule has 0 bridgehead atoms. The SMILES string of the molecule is CC1(C)c2ccccc2Cc2ccccc21.CC1(C)c2ccccc2N(c2cccc3ccccc23)c2ccccc21. The summed E-state index contributed by atoms with van der Waals surface area (Å²) in [7, 11) is 0. The highest BCUT2D eigenvalue weighted by atomic mass is 15.2. The highest BCUT2D eigenvalue weighted by molar-refractivity contribution is 6.00. The van der Waals surface area contributed by atoms with Gasteiger partial charge >= 0.3 is 0 Å². The second kappa shape index (κ2) is 10.0. The Morgan fingerprint density at radius 2 is 0.810 bits per heavy atom. The van der Waals surface area contributed by atoms with Crippen molar-refractivity contribution in [1.29, 1.82) is 0 Å². The number of fused-ring (bicyclic) bond motifs is 5. The van der Waals surface area contributed by atoms with Gasteiger partial charge in [0.15, 0.2) is 0 Å². The van der Waals surface area contributed by atoms with Crippen molar-refractivity contribution in [1.82, 2.24) is 0 Å². The lowest BCUT2D eigenvalue weighted by atomic mass is 9.69. The molecule has 0 spiro atoms. The van der Waals surface area contributed by atoms with Crippen molar-refractivity contribution in [3.63, 3.8) is 0 Å². The molecule has 1 heteroatoms. The first kappa shape index (κ1) is 26.3. The molecule has 1 nitrogen and oxygen atoms in total. The molecule has 0 aromatic heterocycles. The van der Waals surface area contributed by atoms with Gasteiger partial charge in [-0.05, 0) is 63.4 Å². The molecule has 0 saturated heterocycles. The first-order valence-electron chi connectivity index (χ1n) is 15.0. The van der Waals surface area contributed by atoms with Crippen LogP contribution in [0.2, 0.25) is 0 Å². The van der Waals surface area contributed by atoms with E-state index in [1.165, 1.54) is 61.2 Å². The Bertz CT molecular complexity index is 1820. The maximum absolute atomic E-state index is 2.43. The molecule has 0 saturated carbocycles. The van der Waals surface area contributed by atoms with Crippen molar-refractivity contribution in [2.45, 2.75) is 44.9 Å². The van der Waals surface area contributed by atoms with Crippen LogP contribution in [-0.2, 0) is 17.3 Å². The number of nitrogens with zero attached hydrogens (tertiary/aromatic N) is 1. The van der Waals surface area contributed by atoms with Gasteiger partial charge in [0.05, 0.1) is 17.1 Å². The van der Waals surface area contributed by atoms with Gasteiger partial charge in [0, 0.05) is 16.2 Å². The molecule has 0 unspecified atom stereocenters. The van der Waals surface area contributed by atoms with Crippen molar-refractivity contribution in [2.24, 2.45) is 0 Å². The third-order valence-corrected chi connectivity index (χ3v) is 9.41. The molecule has 1 aliphatic heterocycles. The highest BCUT2D eigenvalue weighted by Gasteiger charge is 2.36. The molecule has 2 aliphatic rings. The van der Waals surface area contributed by atoms with Crippen molar-refractivity contribution in [3.05, 3.63) is 173 Å². The third-order valence-electron chi connectivity index (χ3n) is 9.41. The minimum atomic E-state index is -0.0196. The summed E-state index contributed by atoms with van der Waals surface area (Å²) in [6.07, 6.45) is 1.08. The summed E-state index contributed by atoms with van der Waals surface area (Å²) < 4.78 is 0. The molecular formula is C41H37N. The zero-order chi connectivity index (χ0) is 28.9. The van der Waals surface area contributed by atoms with Crippen LogP contribution in [0.15, 0.2) is 140 Å². The van der Waals surface area contributed by atoms with Crippen molar-refractivity contribution < 1.29 is 0 Å². The van der Waals surface area contributed by atoms with Gasteiger partial charge in [-0.15, -0.1) is 0 Å². The minimum Gasteiger partial charge on any atom is -0.309 e. The van der Waals surface area contributed by atoms with E-state index in [9.17, 15) is 0 Å². The molecule has 8 rings (SSSR count). The van der Waals surface area contributed by atoms with Crippen LogP contribution in [0.3, 0.4) is 0 Å². The fourth-order valence-electron chi connectivity index (χ4n) is 7.25. The van der Waals surface area contributed by atoms with E-state index in [0.29, 0.717) is 0 Å². The molecule has 206 valence electrons. The van der Waals surface area contributed by atoms with Gasteiger partial charge in [-0.1, -0.05) is 149 Å². The van der Waals surface area contributed by atoms with Crippen LogP contribution in [0, 0.1) is 0 Å². The second-order valence-corrected chi connectivity index (χ2v) is 12.6. The molecule has 0 radical (unpaired) electrons. The molecule has 42 heavy (non-hydrogen) atoms. The summed E-state index contributed by atoms with van der Waals surface area (Å²) in [6.45, 7) is 9.30. The van der Waals surface area contributed by atoms with E-state index in [4.69, 9.17) is 0 Å². The quantitative estimate of drug-likeness (QED) is 0.199. The fraction of sp³-hybridized carbons (Fsp3) is 0.171. The smallest absolute Gasteiger partial charge is 0.0540 e. The van der Waals surface area contributed by atoms with Gasteiger partial charge in [-0.3, -0.25) is 0 Å². The molecule has 1 aliphatic carbocycles. The van der Waals surface area contributed by atoms with Gasteiger partial charge in [0.2, 0.25) is 0 Å². The Morgan fingerprint density at radius 1 is 0.405 bits per heavy atom.